The molecule has 0 aliphatic heterocycles. The molecule has 1 rings (SSSR count). The molecule has 1 atom stereocenters. The molecule has 0 aromatic heterocycles. The molecule has 0 aliphatic carbocycles. The van der Waals surface area contributed by atoms with E-state index < -0.39 is 6.04 Å². The van der Waals surface area contributed by atoms with Crippen LogP contribution >= 0.6 is 0 Å². The number of carbonyl (C=O) groups excluding carboxylic acids is 1. The van der Waals surface area contributed by atoms with Gasteiger partial charge in [0, 0.05) is 13.7 Å². The van der Waals surface area contributed by atoms with Crippen molar-refractivity contribution in [1.82, 2.24) is 5.32 Å². The molecule has 4 nitrogen and oxygen atoms in total. The van der Waals surface area contributed by atoms with Gasteiger partial charge in [0.1, 0.15) is 6.04 Å². The number of hydrogen-bond acceptors (Lipinski definition) is 4. The normalized spacial score (nSPS) is 12.2. The maximum absolute atomic E-state index is 11.9. The van der Waals surface area contributed by atoms with Gasteiger partial charge in [-0.25, -0.2) is 4.79 Å². The minimum absolute atomic E-state index is 0.251. The minimum Gasteiger partial charge on any atom is -0.465 e. The lowest BCUT2D eigenvalue weighted by atomic mass is 10.0. The van der Waals surface area contributed by atoms with E-state index in [1.165, 1.54) is 0 Å². The summed E-state index contributed by atoms with van der Waals surface area (Å²) in [6.45, 7) is 5.35. The molecule has 1 unspecified atom stereocenters. The van der Waals surface area contributed by atoms with E-state index in [1.807, 2.05) is 31.2 Å². The summed E-state index contributed by atoms with van der Waals surface area (Å²) in [7, 11) is 1.63. The molecule has 0 amide bonds. The van der Waals surface area contributed by atoms with Gasteiger partial charge in [0.05, 0.1) is 13.2 Å². The number of benzene rings is 1. The van der Waals surface area contributed by atoms with Gasteiger partial charge in [0.25, 0.3) is 0 Å². The Balaban J connectivity index is 2.78. The van der Waals surface area contributed by atoms with Crippen molar-refractivity contribution in [2.24, 2.45) is 0 Å². The largest absolute Gasteiger partial charge is 0.465 e. The van der Waals surface area contributed by atoms with Gasteiger partial charge in [-0.3, -0.25) is 5.32 Å². The quantitative estimate of drug-likeness (QED) is 0.593. The Bertz CT molecular complexity index is 379. The van der Waals surface area contributed by atoms with E-state index in [2.05, 4.69) is 5.32 Å². The molecule has 1 aromatic rings. The highest BCUT2D eigenvalue weighted by Gasteiger charge is 2.21. The summed E-state index contributed by atoms with van der Waals surface area (Å²) in [5.41, 5.74) is 2.04. The smallest absolute Gasteiger partial charge is 0.327 e. The highest BCUT2D eigenvalue weighted by atomic mass is 16.5. The van der Waals surface area contributed by atoms with Gasteiger partial charge in [-0.1, -0.05) is 29.8 Å². The maximum atomic E-state index is 11.9. The standard InChI is InChI=1S/C14H21NO3/c1-4-18-14(16)13(15-8-9-17-3)12-7-5-6-11(2)10-12/h5-7,10,13,15H,4,8-9H2,1-3H3. The zero-order chi connectivity index (χ0) is 13.4. The fourth-order valence-electron chi connectivity index (χ4n) is 1.72. The van der Waals surface area contributed by atoms with Crippen molar-refractivity contribution in [2.45, 2.75) is 19.9 Å². The lowest BCUT2D eigenvalue weighted by Gasteiger charge is -2.17. The van der Waals surface area contributed by atoms with Gasteiger partial charge in [-0.2, -0.15) is 0 Å². The average Bonchev–Trinajstić information content (AvgIpc) is 2.35. The fraction of sp³-hybridized carbons (Fsp3) is 0.500. The van der Waals surface area contributed by atoms with Gasteiger partial charge in [-0.05, 0) is 19.4 Å². The molecule has 4 heteroatoms. The molecular formula is C14H21NO3. The van der Waals surface area contributed by atoms with Crippen LogP contribution in [0.3, 0.4) is 0 Å². The highest BCUT2D eigenvalue weighted by molar-refractivity contribution is 5.77. The summed E-state index contributed by atoms with van der Waals surface area (Å²) in [4.78, 5) is 11.9. The van der Waals surface area contributed by atoms with E-state index in [0.717, 1.165) is 11.1 Å². The van der Waals surface area contributed by atoms with Crippen LogP contribution in [0, 0.1) is 6.92 Å². The second kappa shape index (κ2) is 7.84. The highest BCUT2D eigenvalue weighted by Crippen LogP contribution is 2.16. The third kappa shape index (κ3) is 4.47. The summed E-state index contributed by atoms with van der Waals surface area (Å²) in [5, 5.41) is 3.15. The van der Waals surface area contributed by atoms with Gasteiger partial charge >= 0.3 is 5.97 Å². The van der Waals surface area contributed by atoms with E-state index in [-0.39, 0.29) is 5.97 Å². The molecule has 0 heterocycles. The Labute approximate surface area is 108 Å². The van der Waals surface area contributed by atoms with Crippen LogP contribution in [0.15, 0.2) is 24.3 Å². The lowest BCUT2D eigenvalue weighted by molar-refractivity contribution is -0.145. The van der Waals surface area contributed by atoms with E-state index in [0.29, 0.717) is 19.8 Å². The van der Waals surface area contributed by atoms with Crippen LogP contribution in [-0.4, -0.2) is 32.8 Å². The average molecular weight is 251 g/mol. The van der Waals surface area contributed by atoms with Crippen LogP contribution < -0.4 is 5.32 Å². The Morgan fingerprint density at radius 3 is 2.83 bits per heavy atom. The number of ether oxygens (including phenoxy) is 2. The lowest BCUT2D eigenvalue weighted by Crippen LogP contribution is -2.32. The zero-order valence-electron chi connectivity index (χ0n) is 11.2. The Hall–Kier alpha value is -1.39. The van der Waals surface area contributed by atoms with Gasteiger partial charge < -0.3 is 9.47 Å². The molecular weight excluding hydrogens is 230 g/mol. The summed E-state index contributed by atoms with van der Waals surface area (Å²) in [6, 6.07) is 7.42. The van der Waals surface area contributed by atoms with Crippen LogP contribution in [0.1, 0.15) is 24.1 Å². The van der Waals surface area contributed by atoms with Crippen molar-refractivity contribution in [3.63, 3.8) is 0 Å². The molecule has 0 saturated heterocycles. The van der Waals surface area contributed by atoms with E-state index in [1.54, 1.807) is 14.0 Å². The van der Waals surface area contributed by atoms with Gasteiger partial charge in [0.15, 0.2) is 0 Å². The van der Waals surface area contributed by atoms with E-state index in [4.69, 9.17) is 9.47 Å². The van der Waals surface area contributed by atoms with E-state index in [9.17, 15) is 4.79 Å². The molecule has 0 bridgehead atoms. The number of hydrogen-bond donors (Lipinski definition) is 1. The van der Waals surface area contributed by atoms with Crippen LogP contribution in [0.2, 0.25) is 0 Å². The third-order valence-corrected chi connectivity index (χ3v) is 2.55. The minimum atomic E-state index is -0.431. The summed E-state index contributed by atoms with van der Waals surface area (Å²) >= 11 is 0. The fourth-order valence-corrected chi connectivity index (χ4v) is 1.72. The number of methoxy groups -OCH3 is 1. The third-order valence-electron chi connectivity index (χ3n) is 2.55. The number of carbonyl (C=O) groups is 1. The Morgan fingerprint density at radius 1 is 1.44 bits per heavy atom. The first kappa shape index (κ1) is 14.7. The summed E-state index contributed by atoms with van der Waals surface area (Å²) < 4.78 is 10.1. The van der Waals surface area contributed by atoms with Crippen molar-refractivity contribution >= 4 is 5.97 Å². The topological polar surface area (TPSA) is 47.6 Å². The molecule has 0 fully saturated rings. The summed E-state index contributed by atoms with van der Waals surface area (Å²) in [6.07, 6.45) is 0. The van der Waals surface area contributed by atoms with Crippen LogP contribution in [0.5, 0.6) is 0 Å². The molecule has 0 radical (unpaired) electrons. The second-order valence-electron chi connectivity index (χ2n) is 4.05. The van der Waals surface area contributed by atoms with Crippen molar-refractivity contribution in [3.8, 4) is 0 Å². The monoisotopic (exact) mass is 251 g/mol. The van der Waals surface area contributed by atoms with Crippen molar-refractivity contribution in [2.75, 3.05) is 26.9 Å². The number of nitrogens with one attached hydrogen (secondary N) is 1. The number of esters is 1. The van der Waals surface area contributed by atoms with Crippen molar-refractivity contribution in [1.29, 1.82) is 0 Å². The van der Waals surface area contributed by atoms with Crippen LogP contribution in [0.25, 0.3) is 0 Å². The second-order valence-corrected chi connectivity index (χ2v) is 4.05. The SMILES string of the molecule is CCOC(=O)C(NCCOC)c1cccc(C)c1. The van der Waals surface area contributed by atoms with Crippen molar-refractivity contribution in [3.05, 3.63) is 35.4 Å². The Kier molecular flexibility index (Phi) is 6.39. The molecule has 0 saturated carbocycles. The Morgan fingerprint density at radius 2 is 2.22 bits per heavy atom. The molecule has 0 aliphatic rings. The first-order valence-corrected chi connectivity index (χ1v) is 6.14. The van der Waals surface area contributed by atoms with Crippen LogP contribution in [-0.2, 0) is 14.3 Å². The molecule has 18 heavy (non-hydrogen) atoms. The van der Waals surface area contributed by atoms with E-state index >= 15 is 0 Å². The van der Waals surface area contributed by atoms with Crippen LogP contribution in [0.4, 0.5) is 0 Å². The number of rotatable bonds is 7. The number of aryl methyl sites for hydroxylation is 1. The van der Waals surface area contributed by atoms with Crippen molar-refractivity contribution < 1.29 is 14.3 Å². The molecule has 1 aromatic carbocycles. The molecule has 0 spiro atoms. The first-order valence-electron chi connectivity index (χ1n) is 6.14. The molecule has 100 valence electrons. The van der Waals surface area contributed by atoms with Gasteiger partial charge in [-0.15, -0.1) is 0 Å². The predicted molar refractivity (Wildman–Crippen MR) is 70.4 cm³/mol. The molecule has 1 N–H and O–H groups in total. The maximum Gasteiger partial charge on any atom is 0.327 e. The predicted octanol–water partition coefficient (Wildman–Crippen LogP) is 1.84. The summed E-state index contributed by atoms with van der Waals surface area (Å²) in [5.74, 6) is -0.251. The zero-order valence-corrected chi connectivity index (χ0v) is 11.2. The first-order chi connectivity index (χ1) is 8.69. The van der Waals surface area contributed by atoms with Gasteiger partial charge in [0.2, 0.25) is 0 Å².